The summed E-state index contributed by atoms with van der Waals surface area (Å²) in [5.41, 5.74) is 5.34. The fraction of sp³-hybridized carbons (Fsp3) is 0.0556. The van der Waals surface area contributed by atoms with E-state index in [1.807, 2.05) is 0 Å². The smallest absolute Gasteiger partial charge is 0.271 e. The number of amides is 2. The molecule has 0 atom stereocenters. The molecule has 0 spiro atoms. The van der Waals surface area contributed by atoms with Crippen molar-refractivity contribution in [3.8, 4) is 0 Å². The molecule has 0 bridgehead atoms. The van der Waals surface area contributed by atoms with Gasteiger partial charge in [-0.1, -0.05) is 6.08 Å². The topological polar surface area (TPSA) is 109 Å². The number of benzene rings is 1. The molecule has 9 heteroatoms. The number of allylic oxidation sites excluding steroid dienone is 1. The second kappa shape index (κ2) is 7.75. The average Bonchev–Trinajstić information content (AvgIpc) is 2.69. The number of aromatic nitrogens is 3. The molecule has 0 aliphatic rings. The van der Waals surface area contributed by atoms with E-state index in [-0.39, 0.29) is 22.4 Å². The highest BCUT2D eigenvalue weighted by atomic mass is 32.1. The Balaban J connectivity index is 1.82. The highest BCUT2D eigenvalue weighted by molar-refractivity contribution is 7.71. The fourth-order valence-electron chi connectivity index (χ4n) is 2.45. The van der Waals surface area contributed by atoms with Gasteiger partial charge in [0.2, 0.25) is 0 Å². The lowest BCUT2D eigenvalue weighted by atomic mass is 10.1. The van der Waals surface area contributed by atoms with Crippen molar-refractivity contribution in [2.24, 2.45) is 0 Å². The van der Waals surface area contributed by atoms with Crippen LogP contribution in [0.5, 0.6) is 0 Å². The number of aromatic amines is 1. The molecule has 2 heterocycles. The molecule has 3 N–H and O–H groups in total. The first-order chi connectivity index (χ1) is 13.0. The van der Waals surface area contributed by atoms with Crippen LogP contribution >= 0.6 is 12.2 Å². The number of H-pyrrole nitrogens is 1. The Morgan fingerprint density at radius 3 is 2.63 bits per heavy atom. The Morgan fingerprint density at radius 2 is 1.96 bits per heavy atom. The molecule has 0 fully saturated rings. The second-order valence-electron chi connectivity index (χ2n) is 5.54. The Kier molecular flexibility index (Phi) is 5.23. The molecule has 0 saturated carbocycles. The normalized spacial score (nSPS) is 10.4. The van der Waals surface area contributed by atoms with E-state index in [0.717, 1.165) is 0 Å². The van der Waals surface area contributed by atoms with Crippen molar-refractivity contribution >= 4 is 34.9 Å². The number of rotatable bonds is 4. The number of nitrogens with zero attached hydrogens (tertiary/aromatic N) is 2. The third-order valence-electron chi connectivity index (χ3n) is 3.77. The van der Waals surface area contributed by atoms with Crippen LogP contribution in [-0.4, -0.2) is 26.3 Å². The second-order valence-corrected chi connectivity index (χ2v) is 5.93. The maximum absolute atomic E-state index is 12.5. The predicted octanol–water partition coefficient (Wildman–Crippen LogP) is 1.71. The van der Waals surface area contributed by atoms with E-state index in [9.17, 15) is 14.4 Å². The number of nitrogens with one attached hydrogen (secondary N) is 3. The standard InChI is InChI=1S/C18H15N5O3S/c1-2-8-23-17(26)13-6-5-11(9-14(13)20-18(23)27)15(24)21-22-16(25)12-4-3-7-19-10-12/h2-7,9-10H,1,8H2,(H,20,27)(H,21,24)(H,22,25). The number of carbonyl (C=O) groups is 2. The zero-order valence-corrected chi connectivity index (χ0v) is 14.9. The molecule has 0 unspecified atom stereocenters. The molecule has 8 nitrogen and oxygen atoms in total. The first kappa shape index (κ1) is 18.2. The van der Waals surface area contributed by atoms with Crippen LogP contribution in [0.25, 0.3) is 10.9 Å². The van der Waals surface area contributed by atoms with Crippen LogP contribution in [0.4, 0.5) is 0 Å². The van der Waals surface area contributed by atoms with Crippen LogP contribution in [-0.2, 0) is 6.54 Å². The molecule has 3 aromatic rings. The van der Waals surface area contributed by atoms with Gasteiger partial charge in [-0.05, 0) is 42.5 Å². The molecule has 27 heavy (non-hydrogen) atoms. The van der Waals surface area contributed by atoms with Gasteiger partial charge in [-0.15, -0.1) is 6.58 Å². The van der Waals surface area contributed by atoms with Crippen molar-refractivity contribution in [3.63, 3.8) is 0 Å². The minimum absolute atomic E-state index is 0.231. The van der Waals surface area contributed by atoms with Gasteiger partial charge in [0.05, 0.1) is 16.5 Å². The van der Waals surface area contributed by atoms with Gasteiger partial charge < -0.3 is 4.98 Å². The molecule has 2 amide bonds. The summed E-state index contributed by atoms with van der Waals surface area (Å²) in [4.78, 5) is 43.4. The predicted molar refractivity (Wildman–Crippen MR) is 103 cm³/mol. The van der Waals surface area contributed by atoms with Crippen molar-refractivity contribution in [2.45, 2.75) is 6.54 Å². The Morgan fingerprint density at radius 1 is 1.22 bits per heavy atom. The lowest BCUT2D eigenvalue weighted by Crippen LogP contribution is -2.41. The summed E-state index contributed by atoms with van der Waals surface area (Å²) in [6.07, 6.45) is 4.49. The van der Waals surface area contributed by atoms with Gasteiger partial charge in [0.25, 0.3) is 17.4 Å². The summed E-state index contributed by atoms with van der Waals surface area (Å²) in [6.45, 7) is 3.89. The number of hydrogen-bond acceptors (Lipinski definition) is 5. The lowest BCUT2D eigenvalue weighted by molar-refractivity contribution is 0.0846. The number of carbonyl (C=O) groups excluding carboxylic acids is 2. The van der Waals surface area contributed by atoms with Gasteiger partial charge in [-0.25, -0.2) is 0 Å². The maximum Gasteiger partial charge on any atom is 0.271 e. The van der Waals surface area contributed by atoms with Crippen LogP contribution in [0.2, 0.25) is 0 Å². The first-order valence-corrected chi connectivity index (χ1v) is 8.30. The van der Waals surface area contributed by atoms with Crippen molar-refractivity contribution in [1.82, 2.24) is 25.4 Å². The molecule has 0 saturated heterocycles. The monoisotopic (exact) mass is 381 g/mol. The van der Waals surface area contributed by atoms with Gasteiger partial charge in [-0.3, -0.25) is 34.8 Å². The maximum atomic E-state index is 12.5. The van der Waals surface area contributed by atoms with Crippen LogP contribution < -0.4 is 16.4 Å². The van der Waals surface area contributed by atoms with E-state index < -0.39 is 11.8 Å². The third-order valence-corrected chi connectivity index (χ3v) is 4.09. The van der Waals surface area contributed by atoms with E-state index in [1.54, 1.807) is 18.2 Å². The number of pyridine rings is 1. The molecule has 3 rings (SSSR count). The van der Waals surface area contributed by atoms with Gasteiger partial charge in [0.15, 0.2) is 4.77 Å². The third kappa shape index (κ3) is 3.82. The van der Waals surface area contributed by atoms with Gasteiger partial charge in [-0.2, -0.15) is 0 Å². The van der Waals surface area contributed by atoms with E-state index in [4.69, 9.17) is 12.2 Å². The SMILES string of the molecule is C=CCn1c(=S)[nH]c2cc(C(=O)NNC(=O)c3cccnc3)ccc2c1=O. The van der Waals surface area contributed by atoms with Gasteiger partial charge in [0.1, 0.15) is 0 Å². The fourth-order valence-corrected chi connectivity index (χ4v) is 2.71. The number of hydrogen-bond donors (Lipinski definition) is 3. The van der Waals surface area contributed by atoms with Crippen LogP contribution in [0.1, 0.15) is 20.7 Å². The quantitative estimate of drug-likeness (QED) is 0.362. The van der Waals surface area contributed by atoms with E-state index in [0.29, 0.717) is 16.5 Å². The largest absolute Gasteiger partial charge is 0.332 e. The minimum atomic E-state index is -0.538. The average molecular weight is 381 g/mol. The first-order valence-electron chi connectivity index (χ1n) is 7.89. The highest BCUT2D eigenvalue weighted by Gasteiger charge is 2.12. The minimum Gasteiger partial charge on any atom is -0.332 e. The van der Waals surface area contributed by atoms with Crippen molar-refractivity contribution < 1.29 is 9.59 Å². The van der Waals surface area contributed by atoms with Crippen molar-refractivity contribution in [2.75, 3.05) is 0 Å². The zero-order valence-electron chi connectivity index (χ0n) is 14.1. The summed E-state index contributed by atoms with van der Waals surface area (Å²) in [5, 5.41) is 0.390. The van der Waals surface area contributed by atoms with E-state index >= 15 is 0 Å². The Labute approximate surface area is 158 Å². The van der Waals surface area contributed by atoms with Gasteiger partial charge >= 0.3 is 0 Å². The summed E-state index contributed by atoms with van der Waals surface area (Å²) >= 11 is 5.18. The summed E-state index contributed by atoms with van der Waals surface area (Å²) in [6, 6.07) is 7.70. The molecule has 136 valence electrons. The highest BCUT2D eigenvalue weighted by Crippen LogP contribution is 2.11. The molecular weight excluding hydrogens is 366 g/mol. The summed E-state index contributed by atoms with van der Waals surface area (Å²) in [5.74, 6) is -1.03. The summed E-state index contributed by atoms with van der Waals surface area (Å²) < 4.78 is 1.60. The molecule has 0 radical (unpaired) electrons. The molecule has 1 aromatic carbocycles. The van der Waals surface area contributed by atoms with Crippen molar-refractivity contribution in [1.29, 1.82) is 0 Å². The van der Waals surface area contributed by atoms with E-state index in [1.165, 1.54) is 35.2 Å². The molecule has 0 aliphatic heterocycles. The van der Waals surface area contributed by atoms with Gasteiger partial charge in [0, 0.05) is 24.5 Å². The molecule has 2 aromatic heterocycles. The zero-order chi connectivity index (χ0) is 19.4. The lowest BCUT2D eigenvalue weighted by Gasteiger charge is -2.09. The molecule has 0 aliphatic carbocycles. The van der Waals surface area contributed by atoms with Crippen LogP contribution in [0, 0.1) is 4.77 Å². The number of hydrazine groups is 1. The van der Waals surface area contributed by atoms with Crippen LogP contribution in [0.15, 0.2) is 60.2 Å². The number of fused-ring (bicyclic) bond motifs is 1. The van der Waals surface area contributed by atoms with E-state index in [2.05, 4.69) is 27.4 Å². The van der Waals surface area contributed by atoms with Crippen molar-refractivity contribution in [3.05, 3.63) is 81.6 Å². The summed E-state index contributed by atoms with van der Waals surface area (Å²) in [7, 11) is 0. The Hall–Kier alpha value is -3.59. The Bertz CT molecular complexity index is 1150. The van der Waals surface area contributed by atoms with Crippen LogP contribution in [0.3, 0.4) is 0 Å². The molecular formula is C18H15N5O3S.